The van der Waals surface area contributed by atoms with Gasteiger partial charge in [-0.25, -0.2) is 0 Å². The van der Waals surface area contributed by atoms with Crippen molar-refractivity contribution >= 4 is 23.4 Å². The maximum absolute atomic E-state index is 5.59. The molecule has 5 nitrogen and oxygen atoms in total. The lowest BCUT2D eigenvalue weighted by Gasteiger charge is -2.08. The number of nitrogens with one attached hydrogen (secondary N) is 1. The summed E-state index contributed by atoms with van der Waals surface area (Å²) in [4.78, 5) is 7.55. The smallest absolute Gasteiger partial charge is 0.215 e. The molecule has 0 bridgehead atoms. The fraction of sp³-hybridized carbons (Fsp3) is 0.538. The van der Waals surface area contributed by atoms with E-state index in [1.54, 1.807) is 7.11 Å². The molecule has 2 aromatic rings. The van der Waals surface area contributed by atoms with Crippen LogP contribution in [0.1, 0.15) is 13.8 Å². The third-order valence-corrected chi connectivity index (χ3v) is 3.03. The van der Waals surface area contributed by atoms with Gasteiger partial charge in [-0.1, -0.05) is 13.8 Å². The third-order valence-electron chi connectivity index (χ3n) is 2.71. The highest BCUT2D eigenvalue weighted by atomic mass is 32.1. The summed E-state index contributed by atoms with van der Waals surface area (Å²) in [7, 11) is 1.60. The van der Waals surface area contributed by atoms with Gasteiger partial charge in [0.2, 0.25) is 5.88 Å². The summed E-state index contributed by atoms with van der Waals surface area (Å²) < 4.78 is 13.3. The average molecular weight is 281 g/mol. The van der Waals surface area contributed by atoms with E-state index in [1.165, 1.54) is 0 Å². The molecule has 0 aromatic carbocycles. The molecular formula is C13H19N3O2S. The van der Waals surface area contributed by atoms with Crippen molar-refractivity contribution in [3.63, 3.8) is 0 Å². The van der Waals surface area contributed by atoms with Gasteiger partial charge in [-0.3, -0.25) is 4.57 Å². The molecule has 104 valence electrons. The van der Waals surface area contributed by atoms with Crippen LogP contribution in [0.25, 0.3) is 11.2 Å². The van der Waals surface area contributed by atoms with Gasteiger partial charge >= 0.3 is 0 Å². The molecule has 0 radical (unpaired) electrons. The lowest BCUT2D eigenvalue weighted by Crippen LogP contribution is -2.10. The number of aromatic amines is 1. The van der Waals surface area contributed by atoms with Gasteiger partial charge in [-0.15, -0.1) is 0 Å². The second-order valence-electron chi connectivity index (χ2n) is 4.78. The number of rotatable bonds is 6. The van der Waals surface area contributed by atoms with E-state index < -0.39 is 0 Å². The maximum atomic E-state index is 5.59. The van der Waals surface area contributed by atoms with Crippen LogP contribution in [0.4, 0.5) is 0 Å². The molecule has 0 aliphatic rings. The van der Waals surface area contributed by atoms with Crippen molar-refractivity contribution in [2.45, 2.75) is 20.4 Å². The Bertz CT molecular complexity index is 603. The highest BCUT2D eigenvalue weighted by molar-refractivity contribution is 7.71. The van der Waals surface area contributed by atoms with Crippen LogP contribution in [-0.4, -0.2) is 34.9 Å². The van der Waals surface area contributed by atoms with E-state index in [4.69, 9.17) is 21.7 Å². The molecule has 6 heteroatoms. The Labute approximate surface area is 117 Å². The predicted molar refractivity (Wildman–Crippen MR) is 77.1 cm³/mol. The monoisotopic (exact) mass is 281 g/mol. The molecule has 2 rings (SSSR count). The lowest BCUT2D eigenvalue weighted by atomic mass is 10.2. The summed E-state index contributed by atoms with van der Waals surface area (Å²) >= 11 is 5.30. The van der Waals surface area contributed by atoms with E-state index in [0.717, 1.165) is 17.8 Å². The largest absolute Gasteiger partial charge is 0.481 e. The molecule has 0 aliphatic heterocycles. The van der Waals surface area contributed by atoms with Crippen LogP contribution in [0.5, 0.6) is 5.88 Å². The van der Waals surface area contributed by atoms with Gasteiger partial charge in [-0.05, 0) is 24.2 Å². The van der Waals surface area contributed by atoms with Crippen LogP contribution in [0.2, 0.25) is 0 Å². The molecule has 0 unspecified atom stereocenters. The second kappa shape index (κ2) is 6.16. The first-order chi connectivity index (χ1) is 9.11. The molecule has 2 aromatic heterocycles. The molecule has 0 spiro atoms. The normalized spacial score (nSPS) is 11.4. The number of pyridine rings is 1. The minimum Gasteiger partial charge on any atom is -0.481 e. The van der Waals surface area contributed by atoms with Crippen molar-refractivity contribution in [2.75, 3.05) is 20.3 Å². The summed E-state index contributed by atoms with van der Waals surface area (Å²) in [6.45, 7) is 6.32. The molecule has 19 heavy (non-hydrogen) atoms. The van der Waals surface area contributed by atoms with Gasteiger partial charge in [-0.2, -0.15) is 4.98 Å². The number of fused-ring (bicyclic) bond motifs is 1. The van der Waals surface area contributed by atoms with Crippen LogP contribution < -0.4 is 4.74 Å². The van der Waals surface area contributed by atoms with E-state index >= 15 is 0 Å². The van der Waals surface area contributed by atoms with E-state index in [9.17, 15) is 0 Å². The predicted octanol–water partition coefficient (Wildman–Crippen LogP) is 2.78. The Hall–Kier alpha value is -1.40. The van der Waals surface area contributed by atoms with Crippen molar-refractivity contribution < 1.29 is 9.47 Å². The molecule has 0 atom stereocenters. The molecule has 0 saturated carbocycles. The second-order valence-corrected chi connectivity index (χ2v) is 5.16. The van der Waals surface area contributed by atoms with E-state index in [1.807, 2.05) is 16.7 Å². The Morgan fingerprint density at radius 1 is 1.42 bits per heavy atom. The third kappa shape index (κ3) is 3.33. The number of hydrogen-bond acceptors (Lipinski definition) is 4. The average Bonchev–Trinajstić information content (AvgIpc) is 2.69. The lowest BCUT2D eigenvalue weighted by molar-refractivity contribution is 0.103. The fourth-order valence-electron chi connectivity index (χ4n) is 1.81. The zero-order valence-electron chi connectivity index (χ0n) is 11.5. The van der Waals surface area contributed by atoms with Gasteiger partial charge in [0.25, 0.3) is 0 Å². The van der Waals surface area contributed by atoms with Crippen LogP contribution >= 0.6 is 12.2 Å². The van der Waals surface area contributed by atoms with Gasteiger partial charge < -0.3 is 14.5 Å². The highest BCUT2D eigenvalue weighted by Gasteiger charge is 2.07. The summed E-state index contributed by atoms with van der Waals surface area (Å²) in [6.07, 6.45) is 0. The van der Waals surface area contributed by atoms with E-state index in [0.29, 0.717) is 29.7 Å². The SMILES string of the molecule is COc1ccc2[nH]c(=S)n(CCOCC(C)C)c2n1. The van der Waals surface area contributed by atoms with Crippen molar-refractivity contribution in [2.24, 2.45) is 5.92 Å². The number of nitrogens with zero attached hydrogens (tertiary/aromatic N) is 2. The van der Waals surface area contributed by atoms with Crippen LogP contribution in [0, 0.1) is 10.7 Å². The van der Waals surface area contributed by atoms with Crippen molar-refractivity contribution in [1.29, 1.82) is 0 Å². The van der Waals surface area contributed by atoms with Crippen LogP contribution in [0.15, 0.2) is 12.1 Å². The Morgan fingerprint density at radius 3 is 2.89 bits per heavy atom. The zero-order valence-corrected chi connectivity index (χ0v) is 12.3. The molecule has 2 heterocycles. The number of imidazole rings is 1. The number of ether oxygens (including phenoxy) is 2. The number of methoxy groups -OCH3 is 1. The van der Waals surface area contributed by atoms with Gasteiger partial charge in [0, 0.05) is 12.7 Å². The first kappa shape index (κ1) is 14.0. The number of hydrogen-bond donors (Lipinski definition) is 1. The molecular weight excluding hydrogens is 262 g/mol. The van der Waals surface area contributed by atoms with Gasteiger partial charge in [0.15, 0.2) is 10.4 Å². The minimum absolute atomic E-state index is 0.536. The molecule has 0 saturated heterocycles. The Kier molecular flexibility index (Phi) is 4.55. The fourth-order valence-corrected chi connectivity index (χ4v) is 2.10. The standard InChI is InChI=1S/C13H19N3O2S/c1-9(2)8-18-7-6-16-12-10(14-13(16)19)4-5-11(15-12)17-3/h4-5,9H,6-8H2,1-3H3,(H,14,19). The van der Waals surface area contributed by atoms with Gasteiger partial charge in [0.1, 0.15) is 0 Å². The van der Waals surface area contributed by atoms with Crippen molar-refractivity contribution in [1.82, 2.24) is 14.5 Å². The summed E-state index contributed by atoms with van der Waals surface area (Å²) in [5.74, 6) is 1.12. The zero-order chi connectivity index (χ0) is 13.8. The molecule has 1 N–H and O–H groups in total. The van der Waals surface area contributed by atoms with Crippen LogP contribution in [0.3, 0.4) is 0 Å². The summed E-state index contributed by atoms with van der Waals surface area (Å²) in [5.41, 5.74) is 1.71. The maximum Gasteiger partial charge on any atom is 0.215 e. The van der Waals surface area contributed by atoms with E-state index in [2.05, 4.69) is 23.8 Å². The number of aromatic nitrogens is 3. The summed E-state index contributed by atoms with van der Waals surface area (Å²) in [6, 6.07) is 3.73. The first-order valence-electron chi connectivity index (χ1n) is 6.33. The quantitative estimate of drug-likeness (QED) is 0.653. The Morgan fingerprint density at radius 2 is 2.21 bits per heavy atom. The number of H-pyrrole nitrogens is 1. The van der Waals surface area contributed by atoms with Crippen molar-refractivity contribution in [3.05, 3.63) is 16.9 Å². The van der Waals surface area contributed by atoms with E-state index in [-0.39, 0.29) is 0 Å². The topological polar surface area (TPSA) is 52.1 Å². The van der Waals surface area contributed by atoms with Crippen LogP contribution in [-0.2, 0) is 11.3 Å². The highest BCUT2D eigenvalue weighted by Crippen LogP contribution is 2.16. The molecule has 0 aliphatic carbocycles. The summed E-state index contributed by atoms with van der Waals surface area (Å²) in [5, 5.41) is 0. The molecule has 0 fully saturated rings. The minimum atomic E-state index is 0.536. The van der Waals surface area contributed by atoms with Gasteiger partial charge in [0.05, 0.1) is 25.8 Å². The van der Waals surface area contributed by atoms with Crippen molar-refractivity contribution in [3.8, 4) is 5.88 Å². The molecule has 0 amide bonds. The first-order valence-corrected chi connectivity index (χ1v) is 6.74. The Balaban J connectivity index is 2.17.